The van der Waals surface area contributed by atoms with E-state index in [1.54, 1.807) is 0 Å². The van der Waals surface area contributed by atoms with Gasteiger partial charge in [0.25, 0.3) is 0 Å². The monoisotopic (exact) mass is 283 g/mol. The highest BCUT2D eigenvalue weighted by molar-refractivity contribution is 4.86. The van der Waals surface area contributed by atoms with Gasteiger partial charge in [-0.15, -0.1) is 0 Å². The number of hydrogen-bond acceptors (Lipinski definition) is 2. The van der Waals surface area contributed by atoms with Crippen LogP contribution >= 0.6 is 0 Å². The molecular weight excluding hydrogens is 246 g/mol. The van der Waals surface area contributed by atoms with E-state index >= 15 is 0 Å². The normalized spacial score (nSPS) is 28.5. The number of hydrogen-bond donors (Lipinski definition) is 1. The Hall–Kier alpha value is -0.0800. The fourth-order valence-electron chi connectivity index (χ4n) is 3.49. The third-order valence-electron chi connectivity index (χ3n) is 4.63. The molecular formula is C18H37NO. The lowest BCUT2D eigenvalue weighted by Gasteiger charge is -2.37. The highest BCUT2D eigenvalue weighted by Gasteiger charge is 2.30. The van der Waals surface area contributed by atoms with Gasteiger partial charge in [0, 0.05) is 12.6 Å². The minimum absolute atomic E-state index is 0.450. The Bertz CT molecular complexity index is 231. The van der Waals surface area contributed by atoms with Crippen LogP contribution in [0.2, 0.25) is 0 Å². The van der Waals surface area contributed by atoms with Crippen LogP contribution in [0.3, 0.4) is 0 Å². The third-order valence-corrected chi connectivity index (χ3v) is 4.63. The smallest absolute Gasteiger partial charge is 0.0730 e. The van der Waals surface area contributed by atoms with Crippen molar-refractivity contribution < 1.29 is 4.74 Å². The van der Waals surface area contributed by atoms with Crippen LogP contribution < -0.4 is 5.32 Å². The van der Waals surface area contributed by atoms with Gasteiger partial charge in [-0.25, -0.2) is 0 Å². The lowest BCUT2D eigenvalue weighted by atomic mass is 9.81. The third kappa shape index (κ3) is 6.58. The Morgan fingerprint density at radius 3 is 2.55 bits per heavy atom. The summed E-state index contributed by atoms with van der Waals surface area (Å²) in [5.41, 5.74) is 0. The van der Waals surface area contributed by atoms with Gasteiger partial charge in [0.1, 0.15) is 0 Å². The molecule has 120 valence electrons. The van der Waals surface area contributed by atoms with Gasteiger partial charge in [-0.3, -0.25) is 0 Å². The summed E-state index contributed by atoms with van der Waals surface area (Å²) in [6.07, 6.45) is 10.9. The van der Waals surface area contributed by atoms with Gasteiger partial charge >= 0.3 is 0 Å². The van der Waals surface area contributed by atoms with E-state index in [1.165, 1.54) is 51.4 Å². The predicted octanol–water partition coefficient (Wildman–Crippen LogP) is 4.78. The molecule has 0 spiro atoms. The van der Waals surface area contributed by atoms with Gasteiger partial charge in [-0.1, -0.05) is 47.0 Å². The molecule has 0 saturated heterocycles. The zero-order valence-corrected chi connectivity index (χ0v) is 14.3. The molecule has 0 aliphatic heterocycles. The van der Waals surface area contributed by atoms with Crippen molar-refractivity contribution in [2.45, 2.75) is 91.2 Å². The minimum atomic E-state index is 0.450. The SMILES string of the molecule is CCCNC1CCC(CCC)CC1OCC(C)CCC. The molecule has 1 saturated carbocycles. The fraction of sp³-hybridized carbons (Fsp3) is 1.00. The van der Waals surface area contributed by atoms with Gasteiger partial charge in [0.15, 0.2) is 0 Å². The van der Waals surface area contributed by atoms with Crippen molar-refractivity contribution >= 4 is 0 Å². The Labute approximate surface area is 127 Å². The van der Waals surface area contributed by atoms with Crippen LogP contribution in [0.5, 0.6) is 0 Å². The predicted molar refractivity (Wildman–Crippen MR) is 88.1 cm³/mol. The highest BCUT2D eigenvalue weighted by atomic mass is 16.5. The van der Waals surface area contributed by atoms with Gasteiger partial charge in [0.2, 0.25) is 0 Å². The first kappa shape index (κ1) is 18.0. The molecule has 0 bridgehead atoms. The second kappa shape index (κ2) is 10.6. The second-order valence-electron chi connectivity index (χ2n) is 6.79. The summed E-state index contributed by atoms with van der Waals surface area (Å²) in [4.78, 5) is 0. The molecule has 0 aromatic heterocycles. The molecule has 2 heteroatoms. The first-order valence-electron chi connectivity index (χ1n) is 9.06. The Morgan fingerprint density at radius 1 is 1.10 bits per heavy atom. The van der Waals surface area contributed by atoms with Gasteiger partial charge < -0.3 is 10.1 Å². The van der Waals surface area contributed by atoms with Crippen molar-refractivity contribution in [1.29, 1.82) is 0 Å². The maximum atomic E-state index is 6.32. The van der Waals surface area contributed by atoms with Gasteiger partial charge in [-0.2, -0.15) is 0 Å². The molecule has 2 nitrogen and oxygen atoms in total. The molecule has 4 atom stereocenters. The molecule has 1 rings (SSSR count). The van der Waals surface area contributed by atoms with E-state index in [-0.39, 0.29) is 0 Å². The van der Waals surface area contributed by atoms with Crippen LogP contribution in [-0.2, 0) is 4.74 Å². The summed E-state index contributed by atoms with van der Waals surface area (Å²) < 4.78 is 6.32. The molecule has 0 heterocycles. The topological polar surface area (TPSA) is 21.3 Å². The first-order chi connectivity index (χ1) is 9.71. The van der Waals surface area contributed by atoms with Gasteiger partial charge in [-0.05, 0) is 50.5 Å². The Kier molecular flexibility index (Phi) is 9.54. The standard InChI is InChI=1S/C18H37NO/c1-5-8-15(4)14-20-18-13-16(9-6-2)10-11-17(18)19-12-7-3/h15-19H,5-14H2,1-4H3. The lowest BCUT2D eigenvalue weighted by Crippen LogP contribution is -2.46. The van der Waals surface area contributed by atoms with Crippen molar-refractivity contribution in [3.05, 3.63) is 0 Å². The molecule has 0 amide bonds. The summed E-state index contributed by atoms with van der Waals surface area (Å²) >= 11 is 0. The van der Waals surface area contributed by atoms with Crippen LogP contribution in [-0.4, -0.2) is 25.3 Å². The molecule has 1 N–H and O–H groups in total. The van der Waals surface area contributed by atoms with E-state index in [4.69, 9.17) is 4.74 Å². The molecule has 0 aromatic carbocycles. The number of rotatable bonds is 10. The average Bonchev–Trinajstić information content (AvgIpc) is 2.44. The van der Waals surface area contributed by atoms with Crippen LogP contribution in [0.15, 0.2) is 0 Å². The fourth-order valence-corrected chi connectivity index (χ4v) is 3.49. The van der Waals surface area contributed by atoms with Crippen molar-refractivity contribution in [1.82, 2.24) is 5.32 Å². The Balaban J connectivity index is 2.43. The summed E-state index contributed by atoms with van der Waals surface area (Å²) in [6.45, 7) is 11.2. The van der Waals surface area contributed by atoms with Crippen molar-refractivity contribution in [3.63, 3.8) is 0 Å². The second-order valence-corrected chi connectivity index (χ2v) is 6.79. The van der Waals surface area contributed by atoms with E-state index in [9.17, 15) is 0 Å². The van der Waals surface area contributed by atoms with Crippen molar-refractivity contribution in [2.24, 2.45) is 11.8 Å². The van der Waals surface area contributed by atoms with Crippen LogP contribution in [0.25, 0.3) is 0 Å². The molecule has 4 unspecified atom stereocenters. The molecule has 20 heavy (non-hydrogen) atoms. The summed E-state index contributed by atoms with van der Waals surface area (Å²) in [5, 5.41) is 3.71. The quantitative estimate of drug-likeness (QED) is 0.623. The van der Waals surface area contributed by atoms with Crippen LogP contribution in [0, 0.1) is 11.8 Å². The molecule has 1 aliphatic rings. The zero-order chi connectivity index (χ0) is 14.8. The first-order valence-corrected chi connectivity index (χ1v) is 9.06. The maximum Gasteiger partial charge on any atom is 0.0730 e. The number of ether oxygens (including phenoxy) is 1. The number of nitrogens with one attached hydrogen (secondary N) is 1. The summed E-state index contributed by atoms with van der Waals surface area (Å²) in [7, 11) is 0. The van der Waals surface area contributed by atoms with Crippen molar-refractivity contribution in [2.75, 3.05) is 13.2 Å². The van der Waals surface area contributed by atoms with E-state index in [2.05, 4.69) is 33.0 Å². The lowest BCUT2D eigenvalue weighted by molar-refractivity contribution is -0.0253. The summed E-state index contributed by atoms with van der Waals surface area (Å²) in [5.74, 6) is 1.60. The van der Waals surface area contributed by atoms with E-state index in [0.29, 0.717) is 18.1 Å². The maximum absolute atomic E-state index is 6.32. The largest absolute Gasteiger partial charge is 0.376 e. The van der Waals surface area contributed by atoms with Crippen molar-refractivity contribution in [3.8, 4) is 0 Å². The average molecular weight is 284 g/mol. The summed E-state index contributed by atoms with van der Waals surface area (Å²) in [6, 6.07) is 0.594. The van der Waals surface area contributed by atoms with Gasteiger partial charge in [0.05, 0.1) is 6.10 Å². The van der Waals surface area contributed by atoms with E-state index in [0.717, 1.165) is 19.1 Å². The molecule has 0 aromatic rings. The highest BCUT2D eigenvalue weighted by Crippen LogP contribution is 2.30. The van der Waals surface area contributed by atoms with Crippen LogP contribution in [0.1, 0.15) is 79.1 Å². The zero-order valence-electron chi connectivity index (χ0n) is 14.3. The molecule has 1 fully saturated rings. The van der Waals surface area contributed by atoms with E-state index in [1.807, 2.05) is 0 Å². The molecule has 1 aliphatic carbocycles. The Morgan fingerprint density at radius 2 is 1.90 bits per heavy atom. The van der Waals surface area contributed by atoms with Crippen LogP contribution in [0.4, 0.5) is 0 Å². The van der Waals surface area contributed by atoms with E-state index < -0.39 is 0 Å². The minimum Gasteiger partial charge on any atom is -0.376 e. The molecule has 0 radical (unpaired) electrons.